The van der Waals surface area contributed by atoms with Crippen LogP contribution < -0.4 is 5.32 Å². The minimum absolute atomic E-state index is 0.225. The standard InChI is InChI=1S/C11H18N2O/c1-2-3-6-13-9-4-5-10(13)8-12-11(14)7-9/h2-3,9-10H,4-8H2,1H3,(H,12,14)/b3-2+. The van der Waals surface area contributed by atoms with Gasteiger partial charge in [0.1, 0.15) is 0 Å². The summed E-state index contributed by atoms with van der Waals surface area (Å²) in [6.45, 7) is 3.89. The molecule has 1 amide bonds. The second-order valence-electron chi connectivity index (χ2n) is 4.16. The molecule has 2 heterocycles. The van der Waals surface area contributed by atoms with Crippen LogP contribution in [0, 0.1) is 0 Å². The molecule has 0 aliphatic carbocycles. The van der Waals surface area contributed by atoms with Gasteiger partial charge in [-0.2, -0.15) is 0 Å². The van der Waals surface area contributed by atoms with E-state index in [0.717, 1.165) is 13.1 Å². The Hall–Kier alpha value is -0.830. The van der Waals surface area contributed by atoms with Gasteiger partial charge in [0.2, 0.25) is 5.91 Å². The molecule has 0 aromatic rings. The van der Waals surface area contributed by atoms with Crippen LogP contribution >= 0.6 is 0 Å². The number of carbonyl (C=O) groups is 1. The van der Waals surface area contributed by atoms with Crippen LogP contribution in [0.3, 0.4) is 0 Å². The summed E-state index contributed by atoms with van der Waals surface area (Å²) in [7, 11) is 0. The zero-order valence-electron chi connectivity index (χ0n) is 8.70. The van der Waals surface area contributed by atoms with Crippen LogP contribution in [0.15, 0.2) is 12.2 Å². The van der Waals surface area contributed by atoms with Crippen molar-refractivity contribution in [3.05, 3.63) is 12.2 Å². The summed E-state index contributed by atoms with van der Waals surface area (Å²) in [5, 5.41) is 2.98. The number of amides is 1. The minimum Gasteiger partial charge on any atom is -0.354 e. The summed E-state index contributed by atoms with van der Waals surface area (Å²) in [6, 6.07) is 1.06. The summed E-state index contributed by atoms with van der Waals surface area (Å²) < 4.78 is 0. The Morgan fingerprint density at radius 1 is 1.50 bits per heavy atom. The molecule has 2 fully saturated rings. The summed E-state index contributed by atoms with van der Waals surface area (Å²) in [5.74, 6) is 0.225. The molecule has 0 radical (unpaired) electrons. The van der Waals surface area contributed by atoms with Gasteiger partial charge in [0.05, 0.1) is 0 Å². The molecular formula is C11H18N2O. The number of hydrogen-bond donors (Lipinski definition) is 1. The molecule has 2 atom stereocenters. The SMILES string of the molecule is C/C=C/CN1C2CCC1CC(=O)NC2. The maximum atomic E-state index is 11.3. The van der Waals surface area contributed by atoms with E-state index in [1.807, 2.05) is 6.92 Å². The Morgan fingerprint density at radius 2 is 2.29 bits per heavy atom. The van der Waals surface area contributed by atoms with Gasteiger partial charge < -0.3 is 5.32 Å². The lowest BCUT2D eigenvalue weighted by molar-refractivity contribution is -0.121. The normalized spacial score (nSPS) is 33.4. The average molecular weight is 194 g/mol. The van der Waals surface area contributed by atoms with Crippen molar-refractivity contribution in [1.82, 2.24) is 10.2 Å². The third-order valence-corrected chi connectivity index (χ3v) is 3.28. The third-order valence-electron chi connectivity index (χ3n) is 3.28. The molecule has 2 rings (SSSR count). The first-order valence-corrected chi connectivity index (χ1v) is 5.45. The highest BCUT2D eigenvalue weighted by atomic mass is 16.1. The zero-order chi connectivity index (χ0) is 9.97. The number of fused-ring (bicyclic) bond motifs is 2. The van der Waals surface area contributed by atoms with Gasteiger partial charge in [0.25, 0.3) is 0 Å². The molecule has 1 N–H and O–H groups in total. The van der Waals surface area contributed by atoms with Crippen molar-refractivity contribution in [3.63, 3.8) is 0 Å². The molecule has 3 nitrogen and oxygen atoms in total. The lowest BCUT2D eigenvalue weighted by Crippen LogP contribution is -2.38. The van der Waals surface area contributed by atoms with Gasteiger partial charge in [-0.15, -0.1) is 0 Å². The van der Waals surface area contributed by atoms with E-state index in [4.69, 9.17) is 0 Å². The van der Waals surface area contributed by atoms with Crippen LogP contribution in [-0.2, 0) is 4.79 Å². The summed E-state index contributed by atoms with van der Waals surface area (Å²) in [6.07, 6.45) is 7.38. The molecule has 0 saturated carbocycles. The van der Waals surface area contributed by atoms with Gasteiger partial charge in [-0.3, -0.25) is 9.69 Å². The van der Waals surface area contributed by atoms with E-state index in [1.165, 1.54) is 12.8 Å². The number of allylic oxidation sites excluding steroid dienone is 1. The first-order chi connectivity index (χ1) is 6.81. The van der Waals surface area contributed by atoms with E-state index in [1.54, 1.807) is 0 Å². The fourth-order valence-corrected chi connectivity index (χ4v) is 2.50. The largest absolute Gasteiger partial charge is 0.354 e. The second kappa shape index (κ2) is 4.13. The lowest BCUT2D eigenvalue weighted by atomic mass is 10.1. The van der Waals surface area contributed by atoms with E-state index < -0.39 is 0 Å². The third kappa shape index (κ3) is 1.82. The molecule has 2 unspecified atom stereocenters. The molecular weight excluding hydrogens is 176 g/mol. The van der Waals surface area contributed by atoms with Gasteiger partial charge >= 0.3 is 0 Å². The van der Waals surface area contributed by atoms with E-state index in [-0.39, 0.29) is 5.91 Å². The van der Waals surface area contributed by atoms with Crippen LogP contribution in [0.25, 0.3) is 0 Å². The quantitative estimate of drug-likeness (QED) is 0.663. The van der Waals surface area contributed by atoms with Crippen molar-refractivity contribution in [1.29, 1.82) is 0 Å². The minimum atomic E-state index is 0.225. The molecule has 78 valence electrons. The zero-order valence-corrected chi connectivity index (χ0v) is 8.70. The predicted molar refractivity (Wildman–Crippen MR) is 56.0 cm³/mol. The van der Waals surface area contributed by atoms with Crippen molar-refractivity contribution >= 4 is 5.91 Å². The number of nitrogens with zero attached hydrogens (tertiary/aromatic N) is 1. The van der Waals surface area contributed by atoms with Crippen molar-refractivity contribution < 1.29 is 4.79 Å². The Kier molecular flexibility index (Phi) is 2.87. The smallest absolute Gasteiger partial charge is 0.221 e. The molecule has 2 aliphatic rings. The van der Waals surface area contributed by atoms with Gasteiger partial charge in [-0.1, -0.05) is 12.2 Å². The van der Waals surface area contributed by atoms with Crippen LogP contribution in [0.2, 0.25) is 0 Å². The highest BCUT2D eigenvalue weighted by Gasteiger charge is 2.36. The molecule has 0 spiro atoms. The monoisotopic (exact) mass is 194 g/mol. The number of nitrogens with one attached hydrogen (secondary N) is 1. The molecule has 3 heteroatoms. The molecule has 0 aromatic carbocycles. The molecule has 2 bridgehead atoms. The number of carbonyl (C=O) groups excluding carboxylic acids is 1. The highest BCUT2D eigenvalue weighted by Crippen LogP contribution is 2.27. The molecule has 0 aromatic heterocycles. The Balaban J connectivity index is 2.04. The van der Waals surface area contributed by atoms with Gasteiger partial charge in [0, 0.05) is 31.6 Å². The molecule has 14 heavy (non-hydrogen) atoms. The summed E-state index contributed by atoms with van der Waals surface area (Å²) in [4.78, 5) is 13.8. The fourth-order valence-electron chi connectivity index (χ4n) is 2.50. The Bertz CT molecular complexity index is 250. The maximum absolute atomic E-state index is 11.3. The first-order valence-electron chi connectivity index (χ1n) is 5.45. The Labute approximate surface area is 85.2 Å². The van der Waals surface area contributed by atoms with Gasteiger partial charge in [0.15, 0.2) is 0 Å². The van der Waals surface area contributed by atoms with Crippen LogP contribution in [0.1, 0.15) is 26.2 Å². The summed E-state index contributed by atoms with van der Waals surface area (Å²) >= 11 is 0. The molecule has 2 aliphatic heterocycles. The van der Waals surface area contributed by atoms with Gasteiger partial charge in [-0.05, 0) is 19.8 Å². The maximum Gasteiger partial charge on any atom is 0.221 e. The van der Waals surface area contributed by atoms with Crippen molar-refractivity contribution in [2.75, 3.05) is 13.1 Å². The Morgan fingerprint density at radius 3 is 3.07 bits per heavy atom. The number of rotatable bonds is 2. The van der Waals surface area contributed by atoms with Crippen molar-refractivity contribution in [2.24, 2.45) is 0 Å². The number of hydrogen-bond acceptors (Lipinski definition) is 2. The van der Waals surface area contributed by atoms with Crippen molar-refractivity contribution in [3.8, 4) is 0 Å². The molecule has 2 saturated heterocycles. The van der Waals surface area contributed by atoms with E-state index in [2.05, 4.69) is 22.4 Å². The topological polar surface area (TPSA) is 32.3 Å². The van der Waals surface area contributed by atoms with Crippen LogP contribution in [0.4, 0.5) is 0 Å². The predicted octanol–water partition coefficient (Wildman–Crippen LogP) is 0.915. The lowest BCUT2D eigenvalue weighted by Gasteiger charge is -2.25. The van der Waals surface area contributed by atoms with Crippen molar-refractivity contribution in [2.45, 2.75) is 38.3 Å². The fraction of sp³-hybridized carbons (Fsp3) is 0.727. The second-order valence-corrected chi connectivity index (χ2v) is 4.16. The van der Waals surface area contributed by atoms with E-state index >= 15 is 0 Å². The average Bonchev–Trinajstić information content (AvgIpc) is 2.45. The van der Waals surface area contributed by atoms with Gasteiger partial charge in [-0.25, -0.2) is 0 Å². The van der Waals surface area contributed by atoms with E-state index in [0.29, 0.717) is 18.5 Å². The van der Waals surface area contributed by atoms with E-state index in [9.17, 15) is 4.79 Å². The van der Waals surface area contributed by atoms with Crippen LogP contribution in [-0.4, -0.2) is 36.0 Å². The highest BCUT2D eigenvalue weighted by molar-refractivity contribution is 5.77. The first kappa shape index (κ1) is 9.71. The van der Waals surface area contributed by atoms with Crippen LogP contribution in [0.5, 0.6) is 0 Å². The summed E-state index contributed by atoms with van der Waals surface area (Å²) in [5.41, 5.74) is 0.